The third-order valence-corrected chi connectivity index (χ3v) is 2.53. The molecule has 1 amide bonds. The molecule has 0 heterocycles. The molecular formula is C14H18FNO3. The molecule has 104 valence electrons. The van der Waals surface area contributed by atoms with Crippen LogP contribution in [0.5, 0.6) is 0 Å². The van der Waals surface area contributed by atoms with Gasteiger partial charge in [0.05, 0.1) is 6.61 Å². The van der Waals surface area contributed by atoms with Crippen LogP contribution in [0.2, 0.25) is 0 Å². The van der Waals surface area contributed by atoms with E-state index >= 15 is 0 Å². The van der Waals surface area contributed by atoms with E-state index in [2.05, 4.69) is 5.32 Å². The first kappa shape index (κ1) is 15.1. The van der Waals surface area contributed by atoms with E-state index < -0.39 is 23.7 Å². The molecule has 19 heavy (non-hydrogen) atoms. The highest BCUT2D eigenvalue weighted by Gasteiger charge is 2.17. The molecule has 4 nitrogen and oxygen atoms in total. The lowest BCUT2D eigenvalue weighted by molar-refractivity contribution is -0.145. The average Bonchev–Trinajstić information content (AvgIpc) is 2.38. The first-order chi connectivity index (χ1) is 9.04. The summed E-state index contributed by atoms with van der Waals surface area (Å²) in [5, 5.41) is 2.47. The molecule has 1 atom stereocenters. The van der Waals surface area contributed by atoms with Crippen LogP contribution in [0.3, 0.4) is 0 Å². The Kier molecular flexibility index (Phi) is 5.99. The Balaban J connectivity index is 2.49. The van der Waals surface area contributed by atoms with Crippen molar-refractivity contribution in [2.45, 2.75) is 32.7 Å². The summed E-state index contributed by atoms with van der Waals surface area (Å²) >= 11 is 0. The molecule has 0 aromatic heterocycles. The fraction of sp³-hybridized carbons (Fsp3) is 0.429. The minimum atomic E-state index is -0.757. The number of rotatable bonds is 6. The summed E-state index contributed by atoms with van der Waals surface area (Å²) in [6.07, 6.45) is 1.72. The minimum Gasteiger partial charge on any atom is -0.464 e. The zero-order valence-corrected chi connectivity index (χ0v) is 11.1. The number of halogens is 1. The van der Waals surface area contributed by atoms with Crippen LogP contribution in [0, 0.1) is 5.82 Å². The maximum absolute atomic E-state index is 13.0. The Labute approximate surface area is 112 Å². The quantitative estimate of drug-likeness (QED) is 0.635. The van der Waals surface area contributed by atoms with Crippen LogP contribution in [0.1, 0.15) is 37.0 Å². The predicted octanol–water partition coefficient (Wildman–Crippen LogP) is 2.29. The van der Waals surface area contributed by atoms with Crippen molar-refractivity contribution in [3.05, 3.63) is 35.6 Å². The highest BCUT2D eigenvalue weighted by molar-refractivity contribution is 5.96. The molecule has 0 saturated carbocycles. The molecule has 0 fully saturated rings. The second-order valence-electron chi connectivity index (χ2n) is 4.23. The van der Waals surface area contributed by atoms with Crippen molar-refractivity contribution >= 4 is 11.9 Å². The van der Waals surface area contributed by atoms with E-state index in [9.17, 15) is 14.0 Å². The van der Waals surface area contributed by atoms with Crippen LogP contribution in [-0.2, 0) is 9.53 Å². The summed E-state index contributed by atoms with van der Waals surface area (Å²) in [6, 6.07) is 4.53. The molecule has 0 radical (unpaired) electrons. The van der Waals surface area contributed by atoms with Crippen molar-refractivity contribution in [1.82, 2.24) is 5.32 Å². The molecule has 1 aromatic rings. The number of amides is 1. The number of esters is 1. The average molecular weight is 267 g/mol. The molecule has 1 unspecified atom stereocenters. The van der Waals surface area contributed by atoms with Crippen LogP contribution in [0.25, 0.3) is 0 Å². The Morgan fingerprint density at radius 3 is 2.79 bits per heavy atom. The van der Waals surface area contributed by atoms with Crippen molar-refractivity contribution < 1.29 is 18.7 Å². The molecular weight excluding hydrogens is 249 g/mol. The Morgan fingerprint density at radius 2 is 2.16 bits per heavy atom. The van der Waals surface area contributed by atoms with Gasteiger partial charge < -0.3 is 10.1 Å². The highest BCUT2D eigenvalue weighted by atomic mass is 19.1. The summed E-state index contributed by atoms with van der Waals surface area (Å²) in [6.45, 7) is 3.87. The summed E-state index contributed by atoms with van der Waals surface area (Å²) < 4.78 is 17.9. The Morgan fingerprint density at radius 1 is 1.42 bits per heavy atom. The second kappa shape index (κ2) is 7.51. The fourth-order valence-corrected chi connectivity index (χ4v) is 1.41. The lowest BCUT2D eigenvalue weighted by atomic mass is 10.2. The first-order valence-electron chi connectivity index (χ1n) is 6.27. The van der Waals surface area contributed by atoms with Gasteiger partial charge in [-0.25, -0.2) is 9.18 Å². The van der Waals surface area contributed by atoms with E-state index in [4.69, 9.17) is 4.74 Å². The van der Waals surface area contributed by atoms with Gasteiger partial charge in [-0.3, -0.25) is 4.79 Å². The smallest absolute Gasteiger partial charge is 0.328 e. The number of carbonyl (C=O) groups excluding carboxylic acids is 2. The maximum atomic E-state index is 13.0. The second-order valence-corrected chi connectivity index (χ2v) is 4.23. The lowest BCUT2D eigenvalue weighted by Gasteiger charge is -2.13. The third-order valence-electron chi connectivity index (χ3n) is 2.53. The molecule has 5 heteroatoms. The number of hydrogen-bond donors (Lipinski definition) is 1. The van der Waals surface area contributed by atoms with Crippen molar-refractivity contribution in [3.63, 3.8) is 0 Å². The van der Waals surface area contributed by atoms with Crippen molar-refractivity contribution in [3.8, 4) is 0 Å². The molecule has 0 saturated heterocycles. The van der Waals surface area contributed by atoms with E-state index in [0.29, 0.717) is 6.61 Å². The summed E-state index contributed by atoms with van der Waals surface area (Å²) in [7, 11) is 0. The number of unbranched alkanes of at least 4 members (excludes halogenated alkanes) is 1. The monoisotopic (exact) mass is 267 g/mol. The SMILES string of the molecule is CCCCOC(=O)C(C)NC(=O)c1cccc(F)c1. The Bertz CT molecular complexity index is 448. The zero-order chi connectivity index (χ0) is 14.3. The van der Waals surface area contributed by atoms with Crippen LogP contribution in [0.4, 0.5) is 4.39 Å². The van der Waals surface area contributed by atoms with Gasteiger partial charge in [0.25, 0.3) is 5.91 Å². The predicted molar refractivity (Wildman–Crippen MR) is 69.2 cm³/mol. The van der Waals surface area contributed by atoms with Gasteiger partial charge in [0.15, 0.2) is 0 Å². The van der Waals surface area contributed by atoms with Gasteiger partial charge >= 0.3 is 5.97 Å². The van der Waals surface area contributed by atoms with E-state index in [-0.39, 0.29) is 5.56 Å². The van der Waals surface area contributed by atoms with Crippen molar-refractivity contribution in [2.24, 2.45) is 0 Å². The van der Waals surface area contributed by atoms with Crippen molar-refractivity contribution in [2.75, 3.05) is 6.61 Å². The number of hydrogen-bond acceptors (Lipinski definition) is 3. The van der Waals surface area contributed by atoms with Gasteiger partial charge in [0.1, 0.15) is 11.9 Å². The summed E-state index contributed by atoms with van der Waals surface area (Å²) in [4.78, 5) is 23.3. The Hall–Kier alpha value is -1.91. The number of nitrogens with one attached hydrogen (secondary N) is 1. The van der Waals surface area contributed by atoms with Crippen LogP contribution in [0.15, 0.2) is 24.3 Å². The molecule has 1 N–H and O–H groups in total. The third kappa shape index (κ3) is 5.07. The molecule has 1 aromatic carbocycles. The van der Waals surface area contributed by atoms with Gasteiger partial charge in [-0.1, -0.05) is 19.4 Å². The molecule has 0 aliphatic carbocycles. The van der Waals surface area contributed by atoms with Gasteiger partial charge in [0, 0.05) is 5.56 Å². The summed E-state index contributed by atoms with van der Waals surface area (Å²) in [5.41, 5.74) is 0.174. The van der Waals surface area contributed by atoms with E-state index in [0.717, 1.165) is 18.9 Å². The highest BCUT2D eigenvalue weighted by Crippen LogP contribution is 2.04. The zero-order valence-electron chi connectivity index (χ0n) is 11.1. The number of benzene rings is 1. The molecule has 1 rings (SSSR count). The van der Waals surface area contributed by atoms with Crippen LogP contribution >= 0.6 is 0 Å². The van der Waals surface area contributed by atoms with Crippen LogP contribution < -0.4 is 5.32 Å². The van der Waals surface area contributed by atoms with E-state index in [1.165, 1.54) is 25.1 Å². The molecule has 0 aliphatic heterocycles. The molecule has 0 spiro atoms. The van der Waals surface area contributed by atoms with E-state index in [1.807, 2.05) is 6.92 Å². The normalized spacial score (nSPS) is 11.7. The largest absolute Gasteiger partial charge is 0.464 e. The summed E-state index contributed by atoms with van der Waals surface area (Å²) in [5.74, 6) is -1.48. The van der Waals surface area contributed by atoms with Gasteiger partial charge in [-0.15, -0.1) is 0 Å². The van der Waals surface area contributed by atoms with Crippen molar-refractivity contribution in [1.29, 1.82) is 0 Å². The minimum absolute atomic E-state index is 0.174. The molecule has 0 aliphatic rings. The fourth-order valence-electron chi connectivity index (χ4n) is 1.41. The number of ether oxygens (including phenoxy) is 1. The lowest BCUT2D eigenvalue weighted by Crippen LogP contribution is -2.39. The van der Waals surface area contributed by atoms with Gasteiger partial charge in [-0.05, 0) is 31.5 Å². The molecule has 0 bridgehead atoms. The topological polar surface area (TPSA) is 55.4 Å². The van der Waals surface area contributed by atoms with Gasteiger partial charge in [-0.2, -0.15) is 0 Å². The van der Waals surface area contributed by atoms with Crippen LogP contribution in [-0.4, -0.2) is 24.5 Å². The van der Waals surface area contributed by atoms with Gasteiger partial charge in [0.2, 0.25) is 0 Å². The van der Waals surface area contributed by atoms with E-state index in [1.54, 1.807) is 0 Å². The standard InChI is InChI=1S/C14H18FNO3/c1-3-4-8-19-14(18)10(2)16-13(17)11-6-5-7-12(15)9-11/h5-7,9-10H,3-4,8H2,1-2H3,(H,16,17). The first-order valence-corrected chi connectivity index (χ1v) is 6.27. The number of carbonyl (C=O) groups is 2. The maximum Gasteiger partial charge on any atom is 0.328 e.